The zero-order chi connectivity index (χ0) is 29.1. The van der Waals surface area contributed by atoms with E-state index in [2.05, 4.69) is 33.9 Å². The second kappa shape index (κ2) is 10.9. The highest BCUT2D eigenvalue weighted by atomic mass is 35.5. The molecular weight excluding hydrogens is 572 g/mol. The van der Waals surface area contributed by atoms with E-state index in [0.29, 0.717) is 43.6 Å². The van der Waals surface area contributed by atoms with Crippen LogP contribution in [0, 0.1) is 23.7 Å². The molecule has 7 nitrogen and oxygen atoms in total. The predicted molar refractivity (Wildman–Crippen MR) is 163 cm³/mol. The first-order valence-corrected chi connectivity index (χ1v) is 17.2. The lowest BCUT2D eigenvalue weighted by Gasteiger charge is -2.46. The first kappa shape index (κ1) is 28.2. The van der Waals surface area contributed by atoms with Crippen molar-refractivity contribution < 1.29 is 22.7 Å². The number of methoxy groups -OCH3 is 1. The van der Waals surface area contributed by atoms with E-state index in [0.717, 1.165) is 55.8 Å². The Labute approximate surface area is 253 Å². The van der Waals surface area contributed by atoms with Crippen molar-refractivity contribution in [3.63, 3.8) is 0 Å². The molecule has 1 N–H and O–H groups in total. The number of hydrogen-bond donors (Lipinski definition) is 1. The molecule has 2 aromatic carbocycles. The van der Waals surface area contributed by atoms with Gasteiger partial charge < -0.3 is 14.4 Å². The molecule has 2 unspecified atom stereocenters. The van der Waals surface area contributed by atoms with Crippen LogP contribution in [0.1, 0.15) is 56.1 Å². The molecule has 2 heterocycles. The largest absolute Gasteiger partial charge is 0.490 e. The Hall–Kier alpha value is -2.55. The molecular formula is C33H39ClN2O5S. The van der Waals surface area contributed by atoms with E-state index >= 15 is 0 Å². The second-order valence-corrected chi connectivity index (χ2v) is 15.2. The Bertz CT molecular complexity index is 1530. The summed E-state index contributed by atoms with van der Waals surface area (Å²) >= 11 is 6.41. The summed E-state index contributed by atoms with van der Waals surface area (Å²) in [6, 6.07) is 11.3. The minimum absolute atomic E-state index is 0.0189. The smallest absolute Gasteiger partial charge is 0.264 e. The molecule has 1 amide bonds. The molecule has 224 valence electrons. The average Bonchev–Trinajstić information content (AvgIpc) is 3.38. The fourth-order valence-electron chi connectivity index (χ4n) is 8.16. The fourth-order valence-corrected chi connectivity index (χ4v) is 9.42. The summed E-state index contributed by atoms with van der Waals surface area (Å²) in [7, 11) is -2.25. The molecule has 0 aromatic heterocycles. The molecule has 4 bridgehead atoms. The number of nitrogens with one attached hydrogen (secondary N) is 1. The molecule has 3 aliphatic carbocycles. The molecule has 2 fully saturated rings. The van der Waals surface area contributed by atoms with E-state index < -0.39 is 15.9 Å². The van der Waals surface area contributed by atoms with Gasteiger partial charge in [-0.05, 0) is 111 Å². The quantitative estimate of drug-likeness (QED) is 0.421. The number of benzene rings is 2. The number of hydrogen-bond acceptors (Lipinski definition) is 6. The monoisotopic (exact) mass is 610 g/mol. The van der Waals surface area contributed by atoms with Gasteiger partial charge in [0, 0.05) is 36.6 Å². The van der Waals surface area contributed by atoms with Crippen LogP contribution in [0.15, 0.2) is 53.4 Å². The van der Waals surface area contributed by atoms with Crippen molar-refractivity contribution in [1.29, 1.82) is 0 Å². The van der Waals surface area contributed by atoms with Crippen molar-refractivity contribution in [3.8, 4) is 5.75 Å². The molecule has 2 aliphatic heterocycles. The summed E-state index contributed by atoms with van der Waals surface area (Å²) in [5.74, 6) is 0.977. The van der Waals surface area contributed by atoms with Crippen LogP contribution in [0.5, 0.6) is 5.75 Å². The maximum atomic E-state index is 13.5. The van der Waals surface area contributed by atoms with Gasteiger partial charge in [-0.15, -0.1) is 0 Å². The molecule has 1 spiro atoms. The van der Waals surface area contributed by atoms with Crippen molar-refractivity contribution in [2.24, 2.45) is 23.7 Å². The van der Waals surface area contributed by atoms with Crippen LogP contribution in [0.2, 0.25) is 5.02 Å². The summed E-state index contributed by atoms with van der Waals surface area (Å²) in [6.07, 6.45) is 11.8. The minimum atomic E-state index is -4.04. The first-order valence-electron chi connectivity index (χ1n) is 15.3. The summed E-state index contributed by atoms with van der Waals surface area (Å²) < 4.78 is 42.0. The third-order valence-corrected chi connectivity index (χ3v) is 12.2. The van der Waals surface area contributed by atoms with E-state index in [1.165, 1.54) is 11.1 Å². The third-order valence-electron chi connectivity index (χ3n) is 10.6. The van der Waals surface area contributed by atoms with Gasteiger partial charge in [0.05, 0.1) is 23.3 Å². The van der Waals surface area contributed by atoms with Crippen molar-refractivity contribution in [2.75, 3.05) is 31.7 Å². The second-order valence-electron chi connectivity index (χ2n) is 13.1. The Morgan fingerprint density at radius 3 is 2.79 bits per heavy atom. The Morgan fingerprint density at radius 2 is 1.98 bits per heavy atom. The highest BCUT2D eigenvalue weighted by Crippen LogP contribution is 2.47. The Kier molecular flexibility index (Phi) is 7.30. The van der Waals surface area contributed by atoms with Crippen molar-refractivity contribution in [2.45, 2.75) is 67.8 Å². The topological polar surface area (TPSA) is 84.9 Å². The van der Waals surface area contributed by atoms with Crippen LogP contribution in [-0.2, 0) is 31.4 Å². The molecule has 0 radical (unpaired) electrons. The molecule has 0 saturated heterocycles. The number of allylic oxidation sites excluding steroid dienone is 1. The van der Waals surface area contributed by atoms with Crippen molar-refractivity contribution in [3.05, 3.63) is 64.7 Å². The lowest BCUT2D eigenvalue weighted by atomic mass is 9.68. The number of nitrogens with zero attached hydrogens (tertiary/aromatic N) is 1. The van der Waals surface area contributed by atoms with Gasteiger partial charge in [0.15, 0.2) is 0 Å². The van der Waals surface area contributed by atoms with E-state index in [4.69, 9.17) is 21.1 Å². The number of sulfonamides is 1. The molecule has 5 aliphatic rings. The van der Waals surface area contributed by atoms with Gasteiger partial charge in [-0.3, -0.25) is 4.79 Å². The lowest BCUT2D eigenvalue weighted by Crippen LogP contribution is -2.49. The normalized spacial score (nSPS) is 34.3. The molecule has 42 heavy (non-hydrogen) atoms. The van der Waals surface area contributed by atoms with Crippen molar-refractivity contribution >= 4 is 33.2 Å². The molecule has 2 saturated carbocycles. The van der Waals surface area contributed by atoms with E-state index in [-0.39, 0.29) is 28.3 Å². The number of aryl methyl sites for hydroxylation is 1. The molecule has 6 atom stereocenters. The highest BCUT2D eigenvalue weighted by Gasteiger charge is 2.45. The van der Waals surface area contributed by atoms with Crippen LogP contribution in [0.25, 0.3) is 0 Å². The minimum Gasteiger partial charge on any atom is -0.490 e. The van der Waals surface area contributed by atoms with Gasteiger partial charge in [-0.2, -0.15) is 0 Å². The number of amides is 1. The van der Waals surface area contributed by atoms with E-state index in [1.807, 2.05) is 6.07 Å². The first-order chi connectivity index (χ1) is 20.2. The Balaban J connectivity index is 1.31. The SMILES string of the molecule is CO[C@H]1/C=C/C2CCC(C2)C(=O)NS(=O)(=O)c2ccc3c(c2)N(C[C@@H]2CC[C@H]21)C[C@@]1(CCCc2cc(Cl)ccc21)CO3. The fraction of sp³-hybridized carbons (Fsp3) is 0.545. The van der Waals surface area contributed by atoms with Gasteiger partial charge in [-0.25, -0.2) is 13.1 Å². The van der Waals surface area contributed by atoms with Gasteiger partial charge in [-0.1, -0.05) is 29.8 Å². The number of halogens is 1. The Morgan fingerprint density at radius 1 is 1.10 bits per heavy atom. The number of fused-ring (bicyclic) bond motifs is 6. The van der Waals surface area contributed by atoms with E-state index in [9.17, 15) is 13.2 Å². The lowest BCUT2D eigenvalue weighted by molar-refractivity contribution is -0.123. The van der Waals surface area contributed by atoms with Crippen LogP contribution in [-0.4, -0.2) is 47.2 Å². The number of rotatable bonds is 1. The number of carbonyl (C=O) groups excluding carboxylic acids is 1. The van der Waals surface area contributed by atoms with Crippen LogP contribution >= 0.6 is 11.6 Å². The number of anilines is 1. The maximum Gasteiger partial charge on any atom is 0.264 e. The average molecular weight is 611 g/mol. The molecule has 2 aromatic rings. The summed E-state index contributed by atoms with van der Waals surface area (Å²) in [5.41, 5.74) is 3.07. The standard InChI is InChI=1S/C33H39ClN2O5S/c1-40-30-12-5-21-4-6-23(15-21)32(37)35-42(38,39)26-9-13-31-29(17-26)36(18-24-7-10-27(24)30)19-33(20-41-31)14-2-3-22-16-25(34)8-11-28(22)33/h5,8-9,11-13,16-17,21,23-24,27,30H,2-4,6-7,10,14-15,18-20H2,1H3,(H,35,37)/b12-5+/t21?,23?,24-,27+,30-,33-/m0/s1. The zero-order valence-corrected chi connectivity index (χ0v) is 25.6. The molecule has 7 rings (SSSR count). The summed E-state index contributed by atoms with van der Waals surface area (Å²) in [5, 5.41) is 0.745. The van der Waals surface area contributed by atoms with Gasteiger partial charge in [0.1, 0.15) is 5.75 Å². The highest BCUT2D eigenvalue weighted by molar-refractivity contribution is 7.90. The van der Waals surface area contributed by atoms with Gasteiger partial charge in [0.25, 0.3) is 10.0 Å². The predicted octanol–water partition coefficient (Wildman–Crippen LogP) is 5.65. The summed E-state index contributed by atoms with van der Waals surface area (Å²) in [4.78, 5) is 15.6. The third kappa shape index (κ3) is 5.03. The van der Waals surface area contributed by atoms with Crippen molar-refractivity contribution in [1.82, 2.24) is 4.72 Å². The maximum absolute atomic E-state index is 13.5. The van der Waals surface area contributed by atoms with Crippen LogP contribution in [0.3, 0.4) is 0 Å². The van der Waals surface area contributed by atoms with E-state index in [1.54, 1.807) is 25.3 Å². The number of carbonyl (C=O) groups is 1. The zero-order valence-electron chi connectivity index (χ0n) is 24.1. The van der Waals surface area contributed by atoms with Crippen LogP contribution < -0.4 is 14.4 Å². The molecule has 9 heteroatoms. The van der Waals surface area contributed by atoms with Gasteiger partial charge in [0.2, 0.25) is 5.91 Å². The van der Waals surface area contributed by atoms with Gasteiger partial charge >= 0.3 is 0 Å². The van der Waals surface area contributed by atoms with Crippen LogP contribution in [0.4, 0.5) is 5.69 Å². The number of ether oxygens (including phenoxy) is 2. The summed E-state index contributed by atoms with van der Waals surface area (Å²) in [6.45, 7) is 2.00.